The van der Waals surface area contributed by atoms with Crippen molar-refractivity contribution >= 4 is 10.9 Å². The molecule has 1 aliphatic rings. The van der Waals surface area contributed by atoms with Crippen molar-refractivity contribution in [2.24, 2.45) is 0 Å². The van der Waals surface area contributed by atoms with Gasteiger partial charge in [-0.25, -0.2) is 9.07 Å². The third kappa shape index (κ3) is 2.43. The monoisotopic (exact) mass is 281 g/mol. The predicted octanol–water partition coefficient (Wildman–Crippen LogP) is 3.42. The summed E-state index contributed by atoms with van der Waals surface area (Å²) in [6.07, 6.45) is 4.23. The molecule has 0 atom stereocenters. The highest BCUT2D eigenvalue weighted by Crippen LogP contribution is 2.22. The zero-order valence-electron chi connectivity index (χ0n) is 11.6. The smallest absolute Gasteiger partial charge is 0.149 e. The largest absolute Gasteiger partial charge is 0.310 e. The van der Waals surface area contributed by atoms with Gasteiger partial charge in [-0.3, -0.25) is 0 Å². The normalized spacial score (nSPS) is 14.7. The highest BCUT2D eigenvalue weighted by atomic mass is 19.1. The molecule has 0 radical (unpaired) electrons. The van der Waals surface area contributed by atoms with Crippen molar-refractivity contribution in [3.8, 4) is 5.69 Å². The lowest BCUT2D eigenvalue weighted by molar-refractivity contribution is 0.606. The summed E-state index contributed by atoms with van der Waals surface area (Å²) in [7, 11) is 0. The van der Waals surface area contributed by atoms with Crippen LogP contribution >= 0.6 is 0 Å². The molecule has 1 saturated carbocycles. The molecule has 4 heteroatoms. The summed E-state index contributed by atoms with van der Waals surface area (Å²) in [6, 6.07) is 13.8. The fraction of sp³-hybridized carbons (Fsp3) is 0.235. The van der Waals surface area contributed by atoms with Crippen LogP contribution in [0.3, 0.4) is 0 Å². The quantitative estimate of drug-likeness (QED) is 0.794. The van der Waals surface area contributed by atoms with Gasteiger partial charge in [0.15, 0.2) is 0 Å². The van der Waals surface area contributed by atoms with Gasteiger partial charge in [0.2, 0.25) is 0 Å². The first-order valence-corrected chi connectivity index (χ1v) is 7.26. The molecule has 1 aromatic heterocycles. The van der Waals surface area contributed by atoms with Gasteiger partial charge in [0, 0.05) is 18.0 Å². The molecule has 0 bridgehead atoms. The van der Waals surface area contributed by atoms with E-state index in [0.717, 1.165) is 23.0 Å². The Labute approximate surface area is 122 Å². The molecule has 1 N–H and O–H groups in total. The van der Waals surface area contributed by atoms with Gasteiger partial charge in [0.1, 0.15) is 11.5 Å². The number of aromatic nitrogens is 2. The summed E-state index contributed by atoms with van der Waals surface area (Å²) in [4.78, 5) is 0. The molecule has 2 aromatic carbocycles. The summed E-state index contributed by atoms with van der Waals surface area (Å²) >= 11 is 0. The number of nitrogens with one attached hydrogen (secondary N) is 1. The van der Waals surface area contributed by atoms with Gasteiger partial charge in [-0.2, -0.15) is 5.10 Å². The Hall–Kier alpha value is -2.20. The zero-order chi connectivity index (χ0) is 14.2. The average molecular weight is 281 g/mol. The van der Waals surface area contributed by atoms with Gasteiger partial charge in [-0.15, -0.1) is 0 Å². The number of halogens is 1. The van der Waals surface area contributed by atoms with E-state index in [4.69, 9.17) is 0 Å². The standard InChI is InChI=1S/C17H16FN3/c18-15-9-12(10-19-14-6-7-14)5-8-17(15)21-16-4-2-1-3-13(16)11-20-21/h1-5,8-9,11,14,19H,6-7,10H2. The van der Waals surface area contributed by atoms with Crippen molar-refractivity contribution in [3.63, 3.8) is 0 Å². The second-order valence-electron chi connectivity index (χ2n) is 5.56. The molecule has 0 amide bonds. The first-order chi connectivity index (χ1) is 10.3. The molecule has 0 saturated heterocycles. The van der Waals surface area contributed by atoms with E-state index in [9.17, 15) is 4.39 Å². The third-order valence-corrected chi connectivity index (χ3v) is 3.89. The van der Waals surface area contributed by atoms with Gasteiger partial charge >= 0.3 is 0 Å². The van der Waals surface area contributed by atoms with Crippen LogP contribution in [-0.2, 0) is 6.54 Å². The minimum absolute atomic E-state index is 0.237. The number of nitrogens with zero attached hydrogens (tertiary/aromatic N) is 2. The van der Waals surface area contributed by atoms with E-state index in [1.807, 2.05) is 30.3 Å². The molecule has 21 heavy (non-hydrogen) atoms. The maximum atomic E-state index is 14.4. The van der Waals surface area contributed by atoms with Crippen molar-refractivity contribution in [1.29, 1.82) is 0 Å². The van der Waals surface area contributed by atoms with Crippen LogP contribution in [0.1, 0.15) is 18.4 Å². The maximum absolute atomic E-state index is 14.4. The van der Waals surface area contributed by atoms with Crippen molar-refractivity contribution in [3.05, 3.63) is 60.0 Å². The molecule has 0 aliphatic heterocycles. The predicted molar refractivity (Wildman–Crippen MR) is 80.9 cm³/mol. The van der Waals surface area contributed by atoms with Crippen molar-refractivity contribution < 1.29 is 4.39 Å². The summed E-state index contributed by atoms with van der Waals surface area (Å²) in [6.45, 7) is 0.724. The Morgan fingerprint density at radius 3 is 2.86 bits per heavy atom. The molecule has 3 nitrogen and oxygen atoms in total. The lowest BCUT2D eigenvalue weighted by Gasteiger charge is -2.08. The lowest BCUT2D eigenvalue weighted by atomic mass is 10.2. The molecule has 0 spiro atoms. The average Bonchev–Trinajstić information content (AvgIpc) is 3.24. The van der Waals surface area contributed by atoms with Crippen molar-refractivity contribution in [2.75, 3.05) is 0 Å². The van der Waals surface area contributed by atoms with Crippen LogP contribution in [0.5, 0.6) is 0 Å². The third-order valence-electron chi connectivity index (χ3n) is 3.89. The van der Waals surface area contributed by atoms with Gasteiger partial charge in [0.25, 0.3) is 0 Å². The second kappa shape index (κ2) is 4.97. The molecule has 1 aliphatic carbocycles. The van der Waals surface area contributed by atoms with Crippen molar-refractivity contribution in [2.45, 2.75) is 25.4 Å². The molecule has 4 rings (SSSR count). The van der Waals surface area contributed by atoms with Gasteiger partial charge in [0.05, 0.1) is 11.7 Å². The van der Waals surface area contributed by atoms with Crippen LogP contribution in [0.15, 0.2) is 48.7 Å². The fourth-order valence-corrected chi connectivity index (χ4v) is 2.55. The molecule has 1 heterocycles. The van der Waals surface area contributed by atoms with Crippen LogP contribution in [0.25, 0.3) is 16.6 Å². The van der Waals surface area contributed by atoms with Crippen LogP contribution in [-0.4, -0.2) is 15.8 Å². The van der Waals surface area contributed by atoms with Crippen LogP contribution in [0.2, 0.25) is 0 Å². The van der Waals surface area contributed by atoms with E-state index >= 15 is 0 Å². The first-order valence-electron chi connectivity index (χ1n) is 7.26. The molecule has 3 aromatic rings. The Bertz CT molecular complexity index is 790. The number of fused-ring (bicyclic) bond motifs is 1. The van der Waals surface area contributed by atoms with E-state index in [0.29, 0.717) is 11.7 Å². The summed E-state index contributed by atoms with van der Waals surface area (Å²) in [5.74, 6) is -0.237. The number of para-hydroxylation sites is 1. The highest BCUT2D eigenvalue weighted by Gasteiger charge is 2.20. The Balaban J connectivity index is 1.67. The summed E-state index contributed by atoms with van der Waals surface area (Å²) < 4.78 is 16.0. The Kier molecular flexibility index (Phi) is 2.97. The second-order valence-corrected chi connectivity index (χ2v) is 5.56. The first kappa shape index (κ1) is 12.5. The van der Waals surface area contributed by atoms with Gasteiger partial charge in [-0.1, -0.05) is 24.3 Å². The number of rotatable bonds is 4. The minimum atomic E-state index is -0.237. The highest BCUT2D eigenvalue weighted by molar-refractivity contribution is 5.80. The molecular formula is C17H16FN3. The summed E-state index contributed by atoms with van der Waals surface area (Å²) in [5, 5.41) is 8.71. The Morgan fingerprint density at radius 1 is 1.19 bits per heavy atom. The minimum Gasteiger partial charge on any atom is -0.310 e. The molecule has 1 fully saturated rings. The van der Waals surface area contributed by atoms with Gasteiger partial charge in [-0.05, 0) is 36.6 Å². The number of hydrogen-bond acceptors (Lipinski definition) is 2. The molecular weight excluding hydrogens is 265 g/mol. The summed E-state index contributed by atoms with van der Waals surface area (Å²) in [5.41, 5.74) is 2.38. The van der Waals surface area contributed by atoms with Crippen LogP contribution in [0, 0.1) is 5.82 Å². The molecule has 106 valence electrons. The number of hydrogen-bond donors (Lipinski definition) is 1. The maximum Gasteiger partial charge on any atom is 0.149 e. The zero-order valence-corrected chi connectivity index (χ0v) is 11.6. The fourth-order valence-electron chi connectivity index (χ4n) is 2.55. The van der Waals surface area contributed by atoms with Crippen molar-refractivity contribution in [1.82, 2.24) is 15.1 Å². The van der Waals surface area contributed by atoms with Gasteiger partial charge < -0.3 is 5.32 Å². The number of benzene rings is 2. The SMILES string of the molecule is Fc1cc(CNC2CC2)ccc1-n1ncc2ccccc21. The topological polar surface area (TPSA) is 29.9 Å². The van der Waals surface area contributed by atoms with E-state index < -0.39 is 0 Å². The van der Waals surface area contributed by atoms with E-state index in [2.05, 4.69) is 10.4 Å². The van der Waals surface area contributed by atoms with Crippen LogP contribution < -0.4 is 5.32 Å². The Morgan fingerprint density at radius 2 is 2.05 bits per heavy atom. The van der Waals surface area contributed by atoms with E-state index in [1.54, 1.807) is 23.0 Å². The molecule has 0 unspecified atom stereocenters. The van der Waals surface area contributed by atoms with Crippen LogP contribution in [0.4, 0.5) is 4.39 Å². The van der Waals surface area contributed by atoms with E-state index in [1.165, 1.54) is 12.8 Å². The lowest BCUT2D eigenvalue weighted by Crippen LogP contribution is -2.15. The van der Waals surface area contributed by atoms with E-state index in [-0.39, 0.29) is 5.82 Å².